The van der Waals surface area contributed by atoms with Gasteiger partial charge in [-0.05, 0) is 31.5 Å². The number of benzene rings is 1. The van der Waals surface area contributed by atoms with Gasteiger partial charge in [-0.2, -0.15) is 0 Å². The van der Waals surface area contributed by atoms with Crippen LogP contribution in [-0.4, -0.2) is 55.0 Å². The highest BCUT2D eigenvalue weighted by atomic mass is 35.5. The molecule has 1 fully saturated rings. The fraction of sp³-hybridized carbons (Fsp3) is 0.438. The Morgan fingerprint density at radius 1 is 1.42 bits per heavy atom. The monoisotopic (exact) mass is 421 g/mol. The molecule has 0 N–H and O–H groups in total. The summed E-state index contributed by atoms with van der Waals surface area (Å²) in [7, 11) is -2.76. The molecule has 1 aromatic carbocycles. The maximum absolute atomic E-state index is 13.2. The fourth-order valence-electron chi connectivity index (χ4n) is 2.86. The van der Waals surface area contributed by atoms with Crippen LogP contribution >= 0.6 is 23.8 Å². The van der Waals surface area contributed by atoms with E-state index in [0.717, 1.165) is 18.2 Å². The van der Waals surface area contributed by atoms with Crippen molar-refractivity contribution >= 4 is 50.4 Å². The Hall–Kier alpha value is -1.58. The molecule has 0 amide bonds. The number of nitrogens with zero attached hydrogens (tertiary/aromatic N) is 1. The Labute approximate surface area is 161 Å². The summed E-state index contributed by atoms with van der Waals surface area (Å²) in [6.07, 6.45) is -0.145. The number of halogens is 2. The predicted octanol–water partition coefficient (Wildman–Crippen LogP) is 2.18. The van der Waals surface area contributed by atoms with Crippen LogP contribution in [0.15, 0.2) is 23.1 Å². The van der Waals surface area contributed by atoms with Gasteiger partial charge < -0.3 is 9.64 Å². The summed E-state index contributed by atoms with van der Waals surface area (Å²) in [6.45, 7) is 1.27. The third-order valence-corrected chi connectivity index (χ3v) is 7.09. The summed E-state index contributed by atoms with van der Waals surface area (Å²) < 4.78 is 43.8. The van der Waals surface area contributed by atoms with Crippen LogP contribution in [0.1, 0.15) is 19.8 Å². The molecule has 6 nitrogen and oxygen atoms in total. The van der Waals surface area contributed by atoms with Gasteiger partial charge >= 0.3 is 5.97 Å². The largest absolute Gasteiger partial charge is 0.467 e. The highest BCUT2D eigenvalue weighted by molar-refractivity contribution is 7.92. The van der Waals surface area contributed by atoms with Gasteiger partial charge in [0.15, 0.2) is 9.84 Å². The summed E-state index contributed by atoms with van der Waals surface area (Å²) in [5.74, 6) is -1.50. The van der Waals surface area contributed by atoms with E-state index < -0.39 is 32.9 Å². The first-order valence-electron chi connectivity index (χ1n) is 7.63. The topological polar surface area (TPSA) is 80.8 Å². The second-order valence-corrected chi connectivity index (χ2v) is 9.02. The van der Waals surface area contributed by atoms with Gasteiger partial charge in [0.2, 0.25) is 0 Å². The van der Waals surface area contributed by atoms with Gasteiger partial charge in [-0.25, -0.2) is 17.6 Å². The van der Waals surface area contributed by atoms with Gasteiger partial charge in [-0.15, -0.1) is 0 Å². The lowest BCUT2D eigenvalue weighted by atomic mass is 10.2. The minimum Gasteiger partial charge on any atom is -0.467 e. The molecule has 142 valence electrons. The predicted molar refractivity (Wildman–Crippen MR) is 97.4 cm³/mol. The van der Waals surface area contributed by atoms with E-state index in [0.29, 0.717) is 0 Å². The molecule has 0 spiro atoms. The van der Waals surface area contributed by atoms with E-state index in [1.54, 1.807) is 0 Å². The molecule has 26 heavy (non-hydrogen) atoms. The van der Waals surface area contributed by atoms with E-state index in [1.807, 2.05) is 0 Å². The number of ether oxygens (including phenoxy) is 1. The number of thiocarbonyl (C=S) groups is 1. The van der Waals surface area contributed by atoms with Crippen LogP contribution in [0, 0.1) is 5.82 Å². The minimum atomic E-state index is -3.95. The molecule has 0 aliphatic carbocycles. The summed E-state index contributed by atoms with van der Waals surface area (Å²) in [6, 6.07) is 2.10. The highest BCUT2D eigenvalue weighted by Gasteiger charge is 2.45. The number of rotatable bonds is 5. The van der Waals surface area contributed by atoms with Crippen LogP contribution in [0.4, 0.5) is 4.39 Å². The number of carbonyl (C=O) groups is 2. The van der Waals surface area contributed by atoms with Crippen LogP contribution < -0.4 is 0 Å². The van der Waals surface area contributed by atoms with E-state index in [1.165, 1.54) is 18.9 Å². The van der Waals surface area contributed by atoms with Gasteiger partial charge in [-0.1, -0.05) is 23.8 Å². The molecule has 1 aliphatic rings. The number of esters is 1. The lowest BCUT2D eigenvalue weighted by molar-refractivity contribution is -0.144. The minimum absolute atomic E-state index is 0.0687. The molecule has 0 unspecified atom stereocenters. The quantitative estimate of drug-likeness (QED) is 0.409. The number of Topliss-reactive ketones (excluding diaryl/α,β-unsaturated/α-hetero) is 1. The molecule has 0 saturated carbocycles. The van der Waals surface area contributed by atoms with Gasteiger partial charge in [0.05, 0.1) is 33.7 Å². The Kier molecular flexibility index (Phi) is 6.36. The van der Waals surface area contributed by atoms with E-state index in [-0.39, 0.29) is 40.1 Å². The molecule has 1 saturated heterocycles. The van der Waals surface area contributed by atoms with E-state index in [9.17, 15) is 22.4 Å². The second-order valence-electron chi connectivity index (χ2n) is 5.94. The van der Waals surface area contributed by atoms with Crippen molar-refractivity contribution in [2.45, 2.75) is 36.0 Å². The van der Waals surface area contributed by atoms with Crippen molar-refractivity contribution in [1.29, 1.82) is 0 Å². The third kappa shape index (κ3) is 4.21. The zero-order valence-electron chi connectivity index (χ0n) is 14.1. The van der Waals surface area contributed by atoms with Crippen molar-refractivity contribution < 1.29 is 27.1 Å². The smallest absolute Gasteiger partial charge is 0.328 e. The number of sulfone groups is 1. The van der Waals surface area contributed by atoms with E-state index >= 15 is 0 Å². The van der Waals surface area contributed by atoms with E-state index in [2.05, 4.69) is 0 Å². The number of likely N-dealkylation sites (tertiary alicyclic amines) is 1. The highest BCUT2D eigenvalue weighted by Crippen LogP contribution is 2.33. The maximum Gasteiger partial charge on any atom is 0.328 e. The Bertz CT molecular complexity index is 858. The Morgan fingerprint density at radius 2 is 2.08 bits per heavy atom. The second kappa shape index (κ2) is 7.98. The lowest BCUT2D eigenvalue weighted by Crippen LogP contribution is -2.41. The molecule has 1 aromatic rings. The summed E-state index contributed by atoms with van der Waals surface area (Å²) in [5.41, 5.74) is 0. The summed E-state index contributed by atoms with van der Waals surface area (Å²) in [5, 5.41) is -1.23. The molecule has 2 atom stereocenters. The standard InChI is InChI=1S/C16H17ClFNO5S2/c1-9(20)5-15(25)19-8-11(7-13(19)16(21)24-2)26(22,23)14-4-3-10(18)6-12(14)17/h3-4,6,11,13H,5,7-8H2,1-2H3/t11-,13+/m1/s1. The van der Waals surface area contributed by atoms with Gasteiger partial charge in [-0.3, -0.25) is 4.79 Å². The third-order valence-electron chi connectivity index (χ3n) is 4.10. The molecule has 2 rings (SSSR count). The zero-order valence-corrected chi connectivity index (χ0v) is 16.5. The molecular weight excluding hydrogens is 405 g/mol. The molecule has 1 heterocycles. The SMILES string of the molecule is COC(=O)[C@@H]1C[C@@H](S(=O)(=O)c2ccc(F)cc2Cl)CN1C(=S)CC(C)=O. The normalized spacial score (nSPS) is 20.1. The van der Waals surface area contributed by atoms with Crippen molar-refractivity contribution in [2.24, 2.45) is 0 Å². The molecule has 10 heteroatoms. The summed E-state index contributed by atoms with van der Waals surface area (Å²) in [4.78, 5) is 24.8. The molecular formula is C16H17ClFNO5S2. The molecule has 0 bridgehead atoms. The van der Waals surface area contributed by atoms with Crippen LogP contribution in [0.5, 0.6) is 0 Å². The Morgan fingerprint density at radius 3 is 2.62 bits per heavy atom. The molecule has 1 aliphatic heterocycles. The van der Waals surface area contributed by atoms with Crippen molar-refractivity contribution in [3.8, 4) is 0 Å². The Balaban J connectivity index is 2.36. The average molecular weight is 422 g/mol. The number of carbonyl (C=O) groups excluding carboxylic acids is 2. The first-order chi connectivity index (χ1) is 12.1. The first kappa shape index (κ1) is 20.7. The first-order valence-corrected chi connectivity index (χ1v) is 9.96. The number of hydrogen-bond donors (Lipinski definition) is 0. The van der Waals surface area contributed by atoms with Crippen LogP contribution in [0.2, 0.25) is 5.02 Å². The zero-order chi connectivity index (χ0) is 19.6. The van der Waals surface area contributed by atoms with Crippen LogP contribution in [0.3, 0.4) is 0 Å². The van der Waals surface area contributed by atoms with Gasteiger partial charge in [0.1, 0.15) is 17.6 Å². The van der Waals surface area contributed by atoms with Gasteiger partial charge in [0.25, 0.3) is 0 Å². The van der Waals surface area contributed by atoms with Crippen LogP contribution in [0.25, 0.3) is 0 Å². The summed E-state index contributed by atoms with van der Waals surface area (Å²) >= 11 is 11.1. The van der Waals surface area contributed by atoms with Crippen molar-refractivity contribution in [3.05, 3.63) is 29.0 Å². The number of ketones is 1. The average Bonchev–Trinajstić information content (AvgIpc) is 2.99. The molecule has 0 radical (unpaired) electrons. The fourth-order valence-corrected chi connectivity index (χ4v) is 5.49. The number of methoxy groups -OCH3 is 1. The molecule has 0 aromatic heterocycles. The lowest BCUT2D eigenvalue weighted by Gasteiger charge is -2.24. The van der Waals surface area contributed by atoms with Crippen molar-refractivity contribution in [1.82, 2.24) is 4.90 Å². The van der Waals surface area contributed by atoms with Crippen molar-refractivity contribution in [2.75, 3.05) is 13.7 Å². The number of hydrogen-bond acceptors (Lipinski definition) is 6. The van der Waals surface area contributed by atoms with Gasteiger partial charge in [0, 0.05) is 6.54 Å². The van der Waals surface area contributed by atoms with E-state index in [4.69, 9.17) is 28.6 Å². The maximum atomic E-state index is 13.2. The van der Waals surface area contributed by atoms with Crippen molar-refractivity contribution in [3.63, 3.8) is 0 Å². The van der Waals surface area contributed by atoms with Crippen LogP contribution in [-0.2, 0) is 24.2 Å².